The van der Waals surface area contributed by atoms with E-state index in [0.29, 0.717) is 5.41 Å². The van der Waals surface area contributed by atoms with E-state index >= 15 is 0 Å². The van der Waals surface area contributed by atoms with Crippen molar-refractivity contribution < 1.29 is 0 Å². The van der Waals surface area contributed by atoms with Crippen LogP contribution in [0.3, 0.4) is 0 Å². The van der Waals surface area contributed by atoms with E-state index in [9.17, 15) is 0 Å². The molecule has 3 rings (SSSR count). The van der Waals surface area contributed by atoms with Crippen molar-refractivity contribution in [1.82, 2.24) is 5.32 Å². The van der Waals surface area contributed by atoms with E-state index < -0.39 is 0 Å². The van der Waals surface area contributed by atoms with Crippen molar-refractivity contribution in [3.8, 4) is 0 Å². The van der Waals surface area contributed by atoms with Gasteiger partial charge in [-0.3, -0.25) is 0 Å². The van der Waals surface area contributed by atoms with E-state index in [-0.39, 0.29) is 0 Å². The molecule has 0 amide bonds. The van der Waals surface area contributed by atoms with Crippen LogP contribution < -0.4 is 5.32 Å². The van der Waals surface area contributed by atoms with Gasteiger partial charge in [0.2, 0.25) is 0 Å². The van der Waals surface area contributed by atoms with E-state index in [1.54, 1.807) is 0 Å². The molecule has 1 fully saturated rings. The second kappa shape index (κ2) is 4.40. The molecule has 0 aromatic heterocycles. The summed E-state index contributed by atoms with van der Waals surface area (Å²) in [4.78, 5) is 0. The summed E-state index contributed by atoms with van der Waals surface area (Å²) in [7, 11) is 0. The molecule has 1 aliphatic heterocycles. The van der Waals surface area contributed by atoms with Gasteiger partial charge in [0.15, 0.2) is 0 Å². The number of benzene rings is 2. The molecular weight excluding hydrogens is 218 g/mol. The molecule has 1 aliphatic rings. The Balaban J connectivity index is 2.00. The van der Waals surface area contributed by atoms with E-state index in [0.717, 1.165) is 19.0 Å². The van der Waals surface area contributed by atoms with Crippen LogP contribution >= 0.6 is 0 Å². The van der Waals surface area contributed by atoms with Gasteiger partial charge in [-0.1, -0.05) is 56.3 Å². The van der Waals surface area contributed by atoms with E-state index in [4.69, 9.17) is 0 Å². The van der Waals surface area contributed by atoms with Crippen molar-refractivity contribution in [1.29, 1.82) is 0 Å². The summed E-state index contributed by atoms with van der Waals surface area (Å²) in [5, 5.41) is 6.24. The highest BCUT2D eigenvalue weighted by molar-refractivity contribution is 5.85. The first-order chi connectivity index (χ1) is 8.71. The zero-order chi connectivity index (χ0) is 12.6. The zero-order valence-electron chi connectivity index (χ0n) is 11.2. The Morgan fingerprint density at radius 2 is 1.78 bits per heavy atom. The highest BCUT2D eigenvalue weighted by atomic mass is 15.0. The van der Waals surface area contributed by atoms with Gasteiger partial charge >= 0.3 is 0 Å². The highest BCUT2D eigenvalue weighted by Gasteiger charge is 2.39. The van der Waals surface area contributed by atoms with Crippen LogP contribution in [0.15, 0.2) is 42.5 Å². The average Bonchev–Trinajstić information content (AvgIpc) is 2.33. The van der Waals surface area contributed by atoms with Crippen LogP contribution in [0.25, 0.3) is 10.8 Å². The Kier molecular flexibility index (Phi) is 2.87. The van der Waals surface area contributed by atoms with Crippen LogP contribution in [0.4, 0.5) is 0 Å². The molecule has 0 aliphatic carbocycles. The van der Waals surface area contributed by atoms with Crippen molar-refractivity contribution in [2.45, 2.75) is 20.3 Å². The fraction of sp³-hybridized carbons (Fsp3) is 0.412. The van der Waals surface area contributed by atoms with Gasteiger partial charge in [0.1, 0.15) is 0 Å². The zero-order valence-corrected chi connectivity index (χ0v) is 11.2. The molecule has 0 atom stereocenters. The summed E-state index contributed by atoms with van der Waals surface area (Å²) in [6, 6.07) is 15.4. The maximum atomic E-state index is 3.45. The minimum atomic E-state index is 0.462. The third kappa shape index (κ3) is 1.83. The van der Waals surface area contributed by atoms with Crippen molar-refractivity contribution in [2.24, 2.45) is 11.3 Å². The molecule has 94 valence electrons. The van der Waals surface area contributed by atoms with Gasteiger partial charge in [0, 0.05) is 18.5 Å². The van der Waals surface area contributed by atoms with Crippen LogP contribution in [0.2, 0.25) is 0 Å². The monoisotopic (exact) mass is 239 g/mol. The van der Waals surface area contributed by atoms with Crippen LogP contribution in [0, 0.1) is 11.3 Å². The van der Waals surface area contributed by atoms with Crippen molar-refractivity contribution in [3.05, 3.63) is 48.0 Å². The molecular formula is C17H21N. The lowest BCUT2D eigenvalue weighted by atomic mass is 9.68. The first kappa shape index (κ1) is 11.7. The molecule has 1 N–H and O–H groups in total. The fourth-order valence-corrected chi connectivity index (χ4v) is 3.01. The molecule has 0 spiro atoms. The van der Waals surface area contributed by atoms with Crippen LogP contribution in [0.1, 0.15) is 19.4 Å². The molecule has 0 radical (unpaired) electrons. The van der Waals surface area contributed by atoms with Crippen molar-refractivity contribution >= 4 is 10.8 Å². The number of nitrogens with one attached hydrogen (secondary N) is 1. The van der Waals surface area contributed by atoms with Gasteiger partial charge in [0.05, 0.1) is 0 Å². The standard InChI is InChI=1S/C17H21N/c1-13(2)17(11-18-12-17)10-15-8-5-7-14-6-3-4-9-16(14)15/h3-9,13,18H,10-12H2,1-2H3. The Hall–Kier alpha value is -1.34. The molecule has 1 saturated heterocycles. The minimum absolute atomic E-state index is 0.462. The fourth-order valence-electron chi connectivity index (χ4n) is 3.01. The Bertz CT molecular complexity index is 547. The van der Waals surface area contributed by atoms with Crippen LogP contribution in [-0.4, -0.2) is 13.1 Å². The Labute approximate surface area is 109 Å². The molecule has 0 bridgehead atoms. The van der Waals surface area contributed by atoms with Crippen molar-refractivity contribution in [3.63, 3.8) is 0 Å². The maximum Gasteiger partial charge on any atom is 0.00259 e. The lowest BCUT2D eigenvalue weighted by Gasteiger charge is -2.46. The first-order valence-electron chi connectivity index (χ1n) is 6.89. The summed E-state index contributed by atoms with van der Waals surface area (Å²) in [6.07, 6.45) is 1.19. The highest BCUT2D eigenvalue weighted by Crippen LogP contribution is 2.37. The van der Waals surface area contributed by atoms with Gasteiger partial charge in [-0.2, -0.15) is 0 Å². The van der Waals surface area contributed by atoms with Gasteiger partial charge in [-0.05, 0) is 28.7 Å². The SMILES string of the molecule is CC(C)C1(Cc2cccc3ccccc23)CNC1. The topological polar surface area (TPSA) is 12.0 Å². The summed E-state index contributed by atoms with van der Waals surface area (Å²) >= 11 is 0. The molecule has 1 heterocycles. The lowest BCUT2D eigenvalue weighted by Crippen LogP contribution is -2.57. The molecule has 1 nitrogen and oxygen atoms in total. The molecule has 1 heteroatoms. The predicted octanol–water partition coefficient (Wildman–Crippen LogP) is 3.63. The summed E-state index contributed by atoms with van der Waals surface area (Å²) in [6.45, 7) is 7.03. The summed E-state index contributed by atoms with van der Waals surface area (Å²) in [5.41, 5.74) is 1.97. The van der Waals surface area contributed by atoms with Gasteiger partial charge in [-0.25, -0.2) is 0 Å². The first-order valence-corrected chi connectivity index (χ1v) is 6.89. The largest absolute Gasteiger partial charge is 0.315 e. The average molecular weight is 239 g/mol. The smallest absolute Gasteiger partial charge is 0.00259 e. The van der Waals surface area contributed by atoms with E-state index in [2.05, 4.69) is 61.6 Å². The number of rotatable bonds is 3. The van der Waals surface area contributed by atoms with Crippen LogP contribution in [-0.2, 0) is 6.42 Å². The quantitative estimate of drug-likeness (QED) is 0.862. The molecule has 0 unspecified atom stereocenters. The van der Waals surface area contributed by atoms with Gasteiger partial charge in [0.25, 0.3) is 0 Å². The molecule has 0 saturated carbocycles. The number of hydrogen-bond acceptors (Lipinski definition) is 1. The van der Waals surface area contributed by atoms with Crippen molar-refractivity contribution in [2.75, 3.05) is 13.1 Å². The van der Waals surface area contributed by atoms with Gasteiger partial charge < -0.3 is 5.32 Å². The second-order valence-corrected chi connectivity index (χ2v) is 5.94. The maximum absolute atomic E-state index is 3.45. The predicted molar refractivity (Wildman–Crippen MR) is 77.8 cm³/mol. The van der Waals surface area contributed by atoms with E-state index in [1.807, 2.05) is 0 Å². The molecule has 2 aromatic rings. The number of hydrogen-bond donors (Lipinski definition) is 1. The summed E-state index contributed by atoms with van der Waals surface area (Å²) < 4.78 is 0. The molecule has 2 aromatic carbocycles. The lowest BCUT2D eigenvalue weighted by molar-refractivity contribution is 0.0999. The Morgan fingerprint density at radius 3 is 2.44 bits per heavy atom. The molecule has 18 heavy (non-hydrogen) atoms. The summed E-state index contributed by atoms with van der Waals surface area (Å²) in [5.74, 6) is 0.734. The third-order valence-corrected chi connectivity index (χ3v) is 4.60. The second-order valence-electron chi connectivity index (χ2n) is 5.94. The Morgan fingerprint density at radius 1 is 1.06 bits per heavy atom. The normalized spacial score (nSPS) is 17.9. The minimum Gasteiger partial charge on any atom is -0.315 e. The van der Waals surface area contributed by atoms with Crippen LogP contribution in [0.5, 0.6) is 0 Å². The van der Waals surface area contributed by atoms with E-state index in [1.165, 1.54) is 22.8 Å². The third-order valence-electron chi connectivity index (χ3n) is 4.60. The van der Waals surface area contributed by atoms with Gasteiger partial charge in [-0.15, -0.1) is 0 Å². The number of fused-ring (bicyclic) bond motifs is 1.